The third-order valence-corrected chi connectivity index (χ3v) is 5.54. The number of hydrogen-bond donors (Lipinski definition) is 2. The molecular formula is C20H29N5OS. The zero-order chi connectivity index (χ0) is 19.1. The second-order valence-corrected chi connectivity index (χ2v) is 8.14. The number of nitrogens with one attached hydrogen (secondary N) is 2. The van der Waals surface area contributed by atoms with Gasteiger partial charge in [0, 0.05) is 49.9 Å². The standard InChI is InChI=1S/C20H29N5OS/c1-15(2)19-12-18(26-24-19)14-23-20(21-3)22-13-16-4-6-17(7-5-16)25-8-10-27-11-9-25/h4-7,12,15H,8-11,13-14H2,1-3H3,(H2,21,22,23). The number of aliphatic imine (C=N–C) groups is 1. The van der Waals surface area contributed by atoms with Crippen LogP contribution < -0.4 is 15.5 Å². The Balaban J connectivity index is 1.47. The fraction of sp³-hybridized carbons (Fsp3) is 0.500. The van der Waals surface area contributed by atoms with E-state index in [4.69, 9.17) is 4.52 Å². The zero-order valence-corrected chi connectivity index (χ0v) is 17.2. The third-order valence-electron chi connectivity index (χ3n) is 4.59. The Morgan fingerprint density at radius 1 is 1.19 bits per heavy atom. The third kappa shape index (κ3) is 5.66. The van der Waals surface area contributed by atoms with E-state index in [9.17, 15) is 0 Å². The Bertz CT molecular complexity index is 735. The van der Waals surface area contributed by atoms with E-state index in [1.807, 2.05) is 17.8 Å². The molecule has 0 radical (unpaired) electrons. The number of rotatable bonds is 6. The van der Waals surface area contributed by atoms with Gasteiger partial charge in [0.1, 0.15) is 0 Å². The monoisotopic (exact) mass is 387 g/mol. The van der Waals surface area contributed by atoms with E-state index < -0.39 is 0 Å². The van der Waals surface area contributed by atoms with Crippen LogP contribution >= 0.6 is 11.8 Å². The quantitative estimate of drug-likeness (QED) is 0.586. The molecule has 7 heteroatoms. The first-order valence-electron chi connectivity index (χ1n) is 9.47. The van der Waals surface area contributed by atoms with Gasteiger partial charge in [-0.05, 0) is 23.6 Å². The van der Waals surface area contributed by atoms with Crippen LogP contribution in [0.5, 0.6) is 0 Å². The first-order chi connectivity index (χ1) is 13.2. The number of aromatic nitrogens is 1. The second-order valence-electron chi connectivity index (χ2n) is 6.92. The molecule has 3 rings (SSSR count). The average molecular weight is 388 g/mol. The summed E-state index contributed by atoms with van der Waals surface area (Å²) in [7, 11) is 1.77. The maximum Gasteiger partial charge on any atom is 0.191 e. The molecule has 0 atom stereocenters. The smallest absolute Gasteiger partial charge is 0.191 e. The minimum atomic E-state index is 0.367. The molecular weight excluding hydrogens is 358 g/mol. The summed E-state index contributed by atoms with van der Waals surface area (Å²) < 4.78 is 5.35. The number of benzene rings is 1. The molecule has 1 saturated heterocycles. The predicted octanol–water partition coefficient (Wildman–Crippen LogP) is 3.22. The summed E-state index contributed by atoms with van der Waals surface area (Å²) in [4.78, 5) is 6.73. The van der Waals surface area contributed by atoms with Crippen LogP contribution in [0.15, 0.2) is 39.8 Å². The lowest BCUT2D eigenvalue weighted by Crippen LogP contribution is -2.36. The van der Waals surface area contributed by atoms with Crippen molar-refractivity contribution in [3.63, 3.8) is 0 Å². The molecule has 0 amide bonds. The van der Waals surface area contributed by atoms with Crippen LogP contribution in [0.1, 0.15) is 36.8 Å². The van der Waals surface area contributed by atoms with Crippen molar-refractivity contribution in [3.05, 3.63) is 47.3 Å². The Labute approximate surface area is 165 Å². The molecule has 2 aromatic rings. The van der Waals surface area contributed by atoms with Gasteiger partial charge in [0.25, 0.3) is 0 Å². The minimum absolute atomic E-state index is 0.367. The summed E-state index contributed by atoms with van der Waals surface area (Å²) in [6.45, 7) is 7.77. The first kappa shape index (κ1) is 19.6. The molecule has 0 saturated carbocycles. The highest BCUT2D eigenvalue weighted by Gasteiger charge is 2.11. The molecule has 146 valence electrons. The highest BCUT2D eigenvalue weighted by Crippen LogP contribution is 2.19. The van der Waals surface area contributed by atoms with Crippen LogP contribution in [-0.4, -0.2) is 42.8 Å². The molecule has 0 aliphatic carbocycles. The number of guanidine groups is 1. The van der Waals surface area contributed by atoms with E-state index in [2.05, 4.69) is 63.8 Å². The summed E-state index contributed by atoms with van der Waals surface area (Å²) in [6, 6.07) is 10.8. The maximum atomic E-state index is 5.35. The van der Waals surface area contributed by atoms with Crippen molar-refractivity contribution in [1.82, 2.24) is 15.8 Å². The highest BCUT2D eigenvalue weighted by atomic mass is 32.2. The summed E-state index contributed by atoms with van der Waals surface area (Å²) >= 11 is 2.03. The van der Waals surface area contributed by atoms with Gasteiger partial charge in [-0.15, -0.1) is 0 Å². The van der Waals surface area contributed by atoms with Crippen LogP contribution in [0.3, 0.4) is 0 Å². The van der Waals surface area contributed by atoms with Crippen molar-refractivity contribution >= 4 is 23.4 Å². The molecule has 0 spiro atoms. The summed E-state index contributed by atoms with van der Waals surface area (Å²) in [5, 5.41) is 10.7. The summed E-state index contributed by atoms with van der Waals surface area (Å²) in [6.07, 6.45) is 0. The number of nitrogens with zero attached hydrogens (tertiary/aromatic N) is 3. The normalized spacial score (nSPS) is 15.3. The molecule has 1 aromatic carbocycles. The van der Waals surface area contributed by atoms with Crippen LogP contribution in [0.4, 0.5) is 5.69 Å². The van der Waals surface area contributed by atoms with E-state index >= 15 is 0 Å². The molecule has 6 nitrogen and oxygen atoms in total. The molecule has 1 aliphatic rings. The van der Waals surface area contributed by atoms with Gasteiger partial charge in [0.05, 0.1) is 12.2 Å². The van der Waals surface area contributed by atoms with Gasteiger partial charge in [-0.1, -0.05) is 31.1 Å². The molecule has 0 unspecified atom stereocenters. The average Bonchev–Trinajstić information content (AvgIpc) is 3.19. The fourth-order valence-electron chi connectivity index (χ4n) is 2.91. The molecule has 0 bridgehead atoms. The van der Waals surface area contributed by atoms with Crippen LogP contribution in [0.2, 0.25) is 0 Å². The Morgan fingerprint density at radius 2 is 1.89 bits per heavy atom. The van der Waals surface area contributed by atoms with Gasteiger partial charge in [-0.2, -0.15) is 11.8 Å². The van der Waals surface area contributed by atoms with Crippen molar-refractivity contribution in [1.29, 1.82) is 0 Å². The molecule has 27 heavy (non-hydrogen) atoms. The van der Waals surface area contributed by atoms with Crippen molar-refractivity contribution in [2.75, 3.05) is 36.5 Å². The van der Waals surface area contributed by atoms with E-state index in [-0.39, 0.29) is 0 Å². The topological polar surface area (TPSA) is 65.7 Å². The van der Waals surface area contributed by atoms with Gasteiger partial charge in [-0.25, -0.2) is 0 Å². The van der Waals surface area contributed by atoms with Gasteiger partial charge in [0.2, 0.25) is 0 Å². The number of anilines is 1. The van der Waals surface area contributed by atoms with Crippen molar-refractivity contribution in [2.24, 2.45) is 4.99 Å². The Morgan fingerprint density at radius 3 is 2.52 bits per heavy atom. The van der Waals surface area contributed by atoms with Crippen molar-refractivity contribution < 1.29 is 4.52 Å². The number of hydrogen-bond acceptors (Lipinski definition) is 5. The molecule has 1 fully saturated rings. The first-order valence-corrected chi connectivity index (χ1v) is 10.6. The summed E-state index contributed by atoms with van der Waals surface area (Å²) in [5.41, 5.74) is 3.52. The van der Waals surface area contributed by atoms with Crippen molar-refractivity contribution in [3.8, 4) is 0 Å². The van der Waals surface area contributed by atoms with E-state index in [1.54, 1.807) is 7.05 Å². The van der Waals surface area contributed by atoms with E-state index in [0.717, 1.165) is 37.0 Å². The van der Waals surface area contributed by atoms with Gasteiger partial charge in [0.15, 0.2) is 11.7 Å². The van der Waals surface area contributed by atoms with Gasteiger partial charge in [-0.3, -0.25) is 4.99 Å². The van der Waals surface area contributed by atoms with E-state index in [0.29, 0.717) is 12.5 Å². The lowest BCUT2D eigenvalue weighted by molar-refractivity contribution is 0.372. The molecule has 2 N–H and O–H groups in total. The van der Waals surface area contributed by atoms with Crippen molar-refractivity contribution in [2.45, 2.75) is 32.9 Å². The highest BCUT2D eigenvalue weighted by molar-refractivity contribution is 7.99. The SMILES string of the molecule is CN=C(NCc1ccc(N2CCSCC2)cc1)NCc1cc(C(C)C)no1. The molecule has 1 aliphatic heterocycles. The van der Waals surface area contributed by atoms with E-state index in [1.165, 1.54) is 22.8 Å². The second kappa shape index (κ2) is 9.69. The minimum Gasteiger partial charge on any atom is -0.370 e. The zero-order valence-electron chi connectivity index (χ0n) is 16.4. The van der Waals surface area contributed by atoms with Gasteiger partial charge < -0.3 is 20.1 Å². The molecule has 1 aromatic heterocycles. The largest absolute Gasteiger partial charge is 0.370 e. The lowest BCUT2D eigenvalue weighted by Gasteiger charge is -2.28. The van der Waals surface area contributed by atoms with Crippen LogP contribution in [-0.2, 0) is 13.1 Å². The summed E-state index contributed by atoms with van der Waals surface area (Å²) in [5.74, 6) is 4.36. The van der Waals surface area contributed by atoms with Crippen LogP contribution in [0, 0.1) is 0 Å². The lowest BCUT2D eigenvalue weighted by atomic mass is 10.1. The number of thioether (sulfide) groups is 1. The Hall–Kier alpha value is -2.15. The van der Waals surface area contributed by atoms with Crippen LogP contribution in [0.25, 0.3) is 0 Å². The predicted molar refractivity (Wildman–Crippen MR) is 114 cm³/mol. The maximum absolute atomic E-state index is 5.35. The Kier molecular flexibility index (Phi) is 7.04. The fourth-order valence-corrected chi connectivity index (χ4v) is 3.81. The molecule has 2 heterocycles. The van der Waals surface area contributed by atoms with Gasteiger partial charge >= 0.3 is 0 Å².